The maximum absolute atomic E-state index is 12.6. The van der Waals surface area contributed by atoms with E-state index in [1.54, 1.807) is 36.4 Å². The van der Waals surface area contributed by atoms with Gasteiger partial charge >= 0.3 is 0 Å². The number of nitrogens with one attached hydrogen (secondary N) is 1. The van der Waals surface area contributed by atoms with Crippen molar-refractivity contribution < 1.29 is 8.42 Å². The average Bonchev–Trinajstić information content (AvgIpc) is 2.58. The molecule has 0 aliphatic carbocycles. The van der Waals surface area contributed by atoms with Crippen LogP contribution >= 0.6 is 0 Å². The lowest BCUT2D eigenvalue weighted by atomic mass is 9.99. The molecule has 3 aromatic rings. The van der Waals surface area contributed by atoms with Crippen LogP contribution in [0.15, 0.2) is 77.7 Å². The van der Waals surface area contributed by atoms with Crippen molar-refractivity contribution >= 4 is 15.7 Å². The first-order valence-corrected chi connectivity index (χ1v) is 9.20. The molecule has 0 fully saturated rings. The van der Waals surface area contributed by atoms with Gasteiger partial charge in [0.1, 0.15) is 0 Å². The van der Waals surface area contributed by atoms with E-state index in [1.807, 2.05) is 30.3 Å². The number of hydrogen-bond acceptors (Lipinski definition) is 2. The Morgan fingerprint density at radius 1 is 0.750 bits per heavy atom. The maximum Gasteiger partial charge on any atom is 0.261 e. The smallest absolute Gasteiger partial charge is 0.261 e. The quantitative estimate of drug-likeness (QED) is 0.745. The molecule has 4 heteroatoms. The lowest BCUT2D eigenvalue weighted by Crippen LogP contribution is -2.13. The number of sulfonamides is 1. The molecule has 0 saturated heterocycles. The van der Waals surface area contributed by atoms with Gasteiger partial charge in [-0.25, -0.2) is 8.42 Å². The molecule has 0 unspecified atom stereocenters. The van der Waals surface area contributed by atoms with Crippen LogP contribution in [0, 0.1) is 13.8 Å². The molecule has 24 heavy (non-hydrogen) atoms. The maximum atomic E-state index is 12.6. The summed E-state index contributed by atoms with van der Waals surface area (Å²) in [5, 5.41) is 0. The summed E-state index contributed by atoms with van der Waals surface area (Å²) < 4.78 is 27.9. The Morgan fingerprint density at radius 2 is 1.42 bits per heavy atom. The Balaban J connectivity index is 2.03. The number of aryl methyl sites for hydroxylation is 2. The highest BCUT2D eigenvalue weighted by atomic mass is 32.2. The summed E-state index contributed by atoms with van der Waals surface area (Å²) in [6.45, 7) is 4.11. The van der Waals surface area contributed by atoms with E-state index in [1.165, 1.54) is 11.1 Å². The van der Waals surface area contributed by atoms with Gasteiger partial charge in [-0.3, -0.25) is 4.72 Å². The zero-order chi connectivity index (χ0) is 17.2. The number of rotatable bonds is 4. The van der Waals surface area contributed by atoms with E-state index in [9.17, 15) is 8.42 Å². The zero-order valence-corrected chi connectivity index (χ0v) is 14.5. The first-order chi connectivity index (χ1) is 11.5. The van der Waals surface area contributed by atoms with Crippen LogP contribution in [0.3, 0.4) is 0 Å². The molecule has 0 radical (unpaired) electrons. The van der Waals surface area contributed by atoms with Crippen LogP contribution in [0.1, 0.15) is 11.1 Å². The molecule has 0 saturated carbocycles. The molecule has 1 N–H and O–H groups in total. The van der Waals surface area contributed by atoms with Gasteiger partial charge < -0.3 is 0 Å². The first-order valence-electron chi connectivity index (χ1n) is 7.72. The Bertz CT molecular complexity index is 964. The van der Waals surface area contributed by atoms with Gasteiger partial charge in [0.05, 0.1) is 10.6 Å². The molecular weight excluding hydrogens is 318 g/mol. The molecule has 0 atom stereocenters. The lowest BCUT2D eigenvalue weighted by molar-refractivity contribution is 0.601. The van der Waals surface area contributed by atoms with E-state index in [4.69, 9.17) is 0 Å². The minimum absolute atomic E-state index is 0.250. The molecule has 0 amide bonds. The van der Waals surface area contributed by atoms with Crippen LogP contribution in [-0.4, -0.2) is 8.42 Å². The number of para-hydroxylation sites is 1. The van der Waals surface area contributed by atoms with Crippen LogP contribution in [0.5, 0.6) is 0 Å². The standard InChI is InChI=1S/C20H19NO2S/c1-15-12-13-17(14-16(15)2)19-10-6-7-11-20(19)21-24(22,23)18-8-4-3-5-9-18/h3-14,21H,1-2H3. The third kappa shape index (κ3) is 3.34. The molecule has 122 valence electrons. The second kappa shape index (κ2) is 6.49. The van der Waals surface area contributed by atoms with Gasteiger partial charge in [0.25, 0.3) is 10.0 Å². The molecule has 0 heterocycles. The fraction of sp³-hybridized carbons (Fsp3) is 0.100. The van der Waals surface area contributed by atoms with Crippen molar-refractivity contribution in [2.75, 3.05) is 4.72 Å². The van der Waals surface area contributed by atoms with Crippen LogP contribution < -0.4 is 4.72 Å². The van der Waals surface area contributed by atoms with E-state index in [0.29, 0.717) is 5.69 Å². The Morgan fingerprint density at radius 3 is 2.12 bits per heavy atom. The highest BCUT2D eigenvalue weighted by Gasteiger charge is 2.16. The van der Waals surface area contributed by atoms with Crippen molar-refractivity contribution in [3.63, 3.8) is 0 Å². The minimum Gasteiger partial charge on any atom is -0.279 e. The predicted molar refractivity (Wildman–Crippen MR) is 98.6 cm³/mol. The highest BCUT2D eigenvalue weighted by Crippen LogP contribution is 2.30. The number of anilines is 1. The van der Waals surface area contributed by atoms with Gasteiger partial charge in [-0.05, 0) is 48.7 Å². The Kier molecular flexibility index (Phi) is 4.40. The van der Waals surface area contributed by atoms with Crippen molar-refractivity contribution in [3.05, 3.63) is 83.9 Å². The van der Waals surface area contributed by atoms with Gasteiger partial charge in [-0.15, -0.1) is 0 Å². The van der Waals surface area contributed by atoms with Crippen LogP contribution in [0.25, 0.3) is 11.1 Å². The Labute approximate surface area is 143 Å². The second-order valence-corrected chi connectivity index (χ2v) is 7.45. The fourth-order valence-electron chi connectivity index (χ4n) is 2.54. The van der Waals surface area contributed by atoms with E-state index in [-0.39, 0.29) is 4.90 Å². The monoisotopic (exact) mass is 337 g/mol. The highest BCUT2D eigenvalue weighted by molar-refractivity contribution is 7.92. The summed E-state index contributed by atoms with van der Waals surface area (Å²) in [7, 11) is -3.61. The SMILES string of the molecule is Cc1ccc(-c2ccccc2NS(=O)(=O)c2ccccc2)cc1C. The van der Waals surface area contributed by atoms with Crippen LogP contribution in [0.4, 0.5) is 5.69 Å². The Hall–Kier alpha value is -2.59. The third-order valence-corrected chi connectivity index (χ3v) is 5.42. The molecule has 3 nitrogen and oxygen atoms in total. The van der Waals surface area contributed by atoms with E-state index in [2.05, 4.69) is 24.6 Å². The summed E-state index contributed by atoms with van der Waals surface area (Å²) in [6, 6.07) is 22.0. The first kappa shape index (κ1) is 16.3. The summed E-state index contributed by atoms with van der Waals surface area (Å²) in [5.41, 5.74) is 4.81. The van der Waals surface area contributed by atoms with Crippen LogP contribution in [-0.2, 0) is 10.0 Å². The third-order valence-electron chi connectivity index (χ3n) is 4.04. The van der Waals surface area contributed by atoms with Crippen molar-refractivity contribution in [1.82, 2.24) is 0 Å². The van der Waals surface area contributed by atoms with Crippen molar-refractivity contribution in [3.8, 4) is 11.1 Å². The molecule has 0 aromatic heterocycles. The van der Waals surface area contributed by atoms with Gasteiger partial charge in [0, 0.05) is 5.56 Å². The van der Waals surface area contributed by atoms with Gasteiger partial charge in [-0.1, -0.05) is 54.6 Å². The summed E-state index contributed by atoms with van der Waals surface area (Å²) >= 11 is 0. The van der Waals surface area contributed by atoms with Crippen molar-refractivity contribution in [2.24, 2.45) is 0 Å². The molecule has 3 aromatic carbocycles. The van der Waals surface area contributed by atoms with E-state index < -0.39 is 10.0 Å². The summed E-state index contributed by atoms with van der Waals surface area (Å²) in [4.78, 5) is 0.250. The molecule has 0 bridgehead atoms. The normalized spacial score (nSPS) is 11.2. The molecule has 0 aliphatic heterocycles. The van der Waals surface area contributed by atoms with Gasteiger partial charge in [0.2, 0.25) is 0 Å². The molecule has 3 rings (SSSR count). The molecular formula is C20H19NO2S. The lowest BCUT2D eigenvalue weighted by Gasteiger charge is -2.14. The largest absolute Gasteiger partial charge is 0.279 e. The van der Waals surface area contributed by atoms with Crippen molar-refractivity contribution in [2.45, 2.75) is 18.7 Å². The minimum atomic E-state index is -3.61. The summed E-state index contributed by atoms with van der Waals surface area (Å²) in [5.74, 6) is 0. The van der Waals surface area contributed by atoms with Crippen LogP contribution in [0.2, 0.25) is 0 Å². The van der Waals surface area contributed by atoms with E-state index in [0.717, 1.165) is 11.1 Å². The van der Waals surface area contributed by atoms with Gasteiger partial charge in [-0.2, -0.15) is 0 Å². The topological polar surface area (TPSA) is 46.2 Å². The number of hydrogen-bond donors (Lipinski definition) is 1. The number of benzene rings is 3. The fourth-order valence-corrected chi connectivity index (χ4v) is 3.64. The molecule has 0 spiro atoms. The molecule has 0 aliphatic rings. The average molecular weight is 337 g/mol. The second-order valence-electron chi connectivity index (χ2n) is 5.76. The zero-order valence-electron chi connectivity index (χ0n) is 13.7. The predicted octanol–water partition coefficient (Wildman–Crippen LogP) is 4.77. The summed E-state index contributed by atoms with van der Waals surface area (Å²) in [6.07, 6.45) is 0. The van der Waals surface area contributed by atoms with Crippen molar-refractivity contribution in [1.29, 1.82) is 0 Å². The van der Waals surface area contributed by atoms with E-state index >= 15 is 0 Å². The van der Waals surface area contributed by atoms with Gasteiger partial charge in [0.15, 0.2) is 0 Å².